The lowest BCUT2D eigenvalue weighted by molar-refractivity contribution is -0.123. The summed E-state index contributed by atoms with van der Waals surface area (Å²) in [7, 11) is 2.03. The summed E-state index contributed by atoms with van der Waals surface area (Å²) in [4.78, 5) is 14.6. The van der Waals surface area contributed by atoms with E-state index in [-0.39, 0.29) is 18.6 Å². The fourth-order valence-corrected chi connectivity index (χ4v) is 3.25. The molecule has 26 heavy (non-hydrogen) atoms. The highest BCUT2D eigenvalue weighted by molar-refractivity contribution is 5.77. The van der Waals surface area contributed by atoms with Gasteiger partial charge in [-0.15, -0.1) is 0 Å². The van der Waals surface area contributed by atoms with Gasteiger partial charge in [-0.1, -0.05) is 18.2 Å². The monoisotopic (exact) mass is 357 g/mol. The van der Waals surface area contributed by atoms with Crippen LogP contribution in [0.5, 0.6) is 5.75 Å². The van der Waals surface area contributed by atoms with Gasteiger partial charge in [-0.3, -0.25) is 9.69 Å². The van der Waals surface area contributed by atoms with Crippen molar-refractivity contribution in [3.8, 4) is 5.75 Å². The number of morpholine rings is 1. The molecule has 2 heterocycles. The molecule has 1 amide bonds. The molecule has 1 aliphatic heterocycles. The third-order valence-electron chi connectivity index (χ3n) is 4.76. The van der Waals surface area contributed by atoms with Crippen molar-refractivity contribution in [2.75, 3.05) is 39.5 Å². The van der Waals surface area contributed by atoms with Gasteiger partial charge in [0.1, 0.15) is 5.75 Å². The van der Waals surface area contributed by atoms with Crippen molar-refractivity contribution in [3.63, 3.8) is 0 Å². The van der Waals surface area contributed by atoms with Crippen LogP contribution in [0.1, 0.15) is 17.3 Å². The minimum absolute atomic E-state index is 0.0216. The molecule has 1 N–H and O–H groups in total. The summed E-state index contributed by atoms with van der Waals surface area (Å²) in [6, 6.07) is 12.0. The Morgan fingerprint density at radius 1 is 1.23 bits per heavy atom. The zero-order valence-electron chi connectivity index (χ0n) is 15.5. The molecule has 140 valence electrons. The minimum atomic E-state index is -0.110. The number of nitrogens with one attached hydrogen (secondary N) is 1. The molecule has 3 rings (SSSR count). The Morgan fingerprint density at radius 3 is 2.69 bits per heavy atom. The summed E-state index contributed by atoms with van der Waals surface area (Å²) in [5, 5.41) is 3.03. The smallest absolute Gasteiger partial charge is 0.258 e. The molecule has 1 aliphatic rings. The van der Waals surface area contributed by atoms with Crippen molar-refractivity contribution >= 4 is 5.91 Å². The number of carbonyl (C=O) groups is 1. The van der Waals surface area contributed by atoms with Crippen LogP contribution in [-0.4, -0.2) is 54.8 Å². The van der Waals surface area contributed by atoms with Gasteiger partial charge in [0.15, 0.2) is 6.61 Å². The van der Waals surface area contributed by atoms with Gasteiger partial charge in [0.05, 0.1) is 19.3 Å². The van der Waals surface area contributed by atoms with E-state index in [1.165, 1.54) is 5.69 Å². The maximum Gasteiger partial charge on any atom is 0.258 e. The van der Waals surface area contributed by atoms with Crippen LogP contribution < -0.4 is 10.1 Å². The molecule has 0 radical (unpaired) electrons. The lowest BCUT2D eigenvalue weighted by atomic mass is 10.1. The molecular formula is C20H27N3O3. The van der Waals surface area contributed by atoms with Gasteiger partial charge in [-0.2, -0.15) is 0 Å². The zero-order chi connectivity index (χ0) is 18.4. The van der Waals surface area contributed by atoms with Crippen LogP contribution in [0.15, 0.2) is 42.6 Å². The molecule has 0 aliphatic carbocycles. The van der Waals surface area contributed by atoms with Gasteiger partial charge >= 0.3 is 0 Å². The van der Waals surface area contributed by atoms with Gasteiger partial charge in [-0.05, 0) is 30.7 Å². The summed E-state index contributed by atoms with van der Waals surface area (Å²) in [5.74, 6) is 0.635. The lowest BCUT2D eigenvalue weighted by Crippen LogP contribution is -2.45. The van der Waals surface area contributed by atoms with E-state index in [9.17, 15) is 4.79 Å². The van der Waals surface area contributed by atoms with E-state index < -0.39 is 0 Å². The van der Waals surface area contributed by atoms with E-state index in [0.717, 1.165) is 37.6 Å². The first-order valence-electron chi connectivity index (χ1n) is 9.03. The number of ether oxygens (including phenoxy) is 2. The van der Waals surface area contributed by atoms with E-state index in [1.54, 1.807) is 0 Å². The van der Waals surface area contributed by atoms with Crippen molar-refractivity contribution in [2.45, 2.75) is 13.0 Å². The third kappa shape index (κ3) is 4.65. The van der Waals surface area contributed by atoms with E-state index >= 15 is 0 Å². The minimum Gasteiger partial charge on any atom is -0.484 e. The van der Waals surface area contributed by atoms with Crippen LogP contribution in [0, 0.1) is 6.92 Å². The number of hydrogen-bond donors (Lipinski definition) is 1. The Bertz CT molecular complexity index is 723. The first kappa shape index (κ1) is 18.5. The average molecular weight is 357 g/mol. The first-order valence-corrected chi connectivity index (χ1v) is 9.03. The number of carbonyl (C=O) groups excluding carboxylic acids is 1. The lowest BCUT2D eigenvalue weighted by Gasteiger charge is -2.35. The van der Waals surface area contributed by atoms with Crippen LogP contribution in [0.4, 0.5) is 0 Å². The van der Waals surface area contributed by atoms with Crippen LogP contribution >= 0.6 is 0 Å². The highest BCUT2D eigenvalue weighted by atomic mass is 16.5. The maximum absolute atomic E-state index is 12.3. The summed E-state index contributed by atoms with van der Waals surface area (Å²) in [6.45, 7) is 5.73. The molecule has 6 nitrogen and oxygen atoms in total. The topological polar surface area (TPSA) is 55.7 Å². The fraction of sp³-hybridized carbons (Fsp3) is 0.450. The summed E-state index contributed by atoms with van der Waals surface area (Å²) in [5.41, 5.74) is 2.21. The fourth-order valence-electron chi connectivity index (χ4n) is 3.25. The predicted octanol–water partition coefficient (Wildman–Crippen LogP) is 1.90. The van der Waals surface area contributed by atoms with E-state index in [2.05, 4.69) is 20.9 Å². The largest absolute Gasteiger partial charge is 0.484 e. The summed E-state index contributed by atoms with van der Waals surface area (Å²) in [6.07, 6.45) is 2.03. The zero-order valence-corrected chi connectivity index (χ0v) is 15.5. The second kappa shape index (κ2) is 8.87. The van der Waals surface area contributed by atoms with Gasteiger partial charge in [0.2, 0.25) is 0 Å². The Balaban J connectivity index is 1.57. The van der Waals surface area contributed by atoms with Gasteiger partial charge in [0.25, 0.3) is 5.91 Å². The SMILES string of the molecule is Cc1ccccc1OCC(=O)NC[C@@H](c1cccn1C)N1CCOCC1. The Hall–Kier alpha value is -2.31. The number of aromatic nitrogens is 1. The average Bonchev–Trinajstić information content (AvgIpc) is 3.08. The molecule has 1 atom stereocenters. The summed E-state index contributed by atoms with van der Waals surface area (Å²) >= 11 is 0. The van der Waals surface area contributed by atoms with Crippen LogP contribution in [0.2, 0.25) is 0 Å². The number of nitrogens with zero attached hydrogens (tertiary/aromatic N) is 2. The standard InChI is InChI=1S/C20H27N3O3/c1-16-6-3-4-8-19(16)26-15-20(24)21-14-18(17-7-5-9-22(17)2)23-10-12-25-13-11-23/h3-9,18H,10-15H2,1-2H3,(H,21,24)/t18-/m0/s1. The second-order valence-corrected chi connectivity index (χ2v) is 6.57. The molecule has 6 heteroatoms. The molecule has 1 aromatic heterocycles. The number of hydrogen-bond acceptors (Lipinski definition) is 4. The van der Waals surface area contributed by atoms with Crippen LogP contribution in [0.25, 0.3) is 0 Å². The molecule has 0 saturated carbocycles. The third-order valence-corrected chi connectivity index (χ3v) is 4.76. The first-order chi connectivity index (χ1) is 12.6. The number of amides is 1. The molecule has 0 bridgehead atoms. The van der Waals surface area contributed by atoms with Gasteiger partial charge in [0, 0.05) is 38.6 Å². The number of para-hydroxylation sites is 1. The maximum atomic E-state index is 12.3. The van der Waals surface area contributed by atoms with Gasteiger partial charge < -0.3 is 19.4 Å². The molecular weight excluding hydrogens is 330 g/mol. The second-order valence-electron chi connectivity index (χ2n) is 6.57. The Morgan fingerprint density at radius 2 is 2.00 bits per heavy atom. The number of benzene rings is 1. The van der Waals surface area contributed by atoms with Crippen molar-refractivity contribution in [2.24, 2.45) is 7.05 Å². The molecule has 0 unspecified atom stereocenters. The van der Waals surface area contributed by atoms with E-state index in [0.29, 0.717) is 6.54 Å². The molecule has 1 fully saturated rings. The number of aryl methyl sites for hydroxylation is 2. The van der Waals surface area contributed by atoms with E-state index in [4.69, 9.17) is 9.47 Å². The Labute approximate surface area is 154 Å². The Kier molecular flexibility index (Phi) is 6.30. The van der Waals surface area contributed by atoms with Crippen molar-refractivity contribution in [3.05, 3.63) is 53.9 Å². The van der Waals surface area contributed by atoms with Crippen LogP contribution in [0.3, 0.4) is 0 Å². The summed E-state index contributed by atoms with van der Waals surface area (Å²) < 4.78 is 13.2. The predicted molar refractivity (Wildman–Crippen MR) is 100 cm³/mol. The molecule has 1 aromatic carbocycles. The highest BCUT2D eigenvalue weighted by Gasteiger charge is 2.24. The number of rotatable bonds is 7. The molecule has 1 saturated heterocycles. The van der Waals surface area contributed by atoms with Crippen LogP contribution in [-0.2, 0) is 16.6 Å². The van der Waals surface area contributed by atoms with Gasteiger partial charge in [-0.25, -0.2) is 0 Å². The quantitative estimate of drug-likeness (QED) is 0.822. The van der Waals surface area contributed by atoms with E-state index in [1.807, 2.05) is 50.5 Å². The molecule has 2 aromatic rings. The molecule has 0 spiro atoms. The van der Waals surface area contributed by atoms with Crippen molar-refractivity contribution in [1.29, 1.82) is 0 Å². The normalized spacial score (nSPS) is 16.2. The van der Waals surface area contributed by atoms with Crippen molar-refractivity contribution in [1.82, 2.24) is 14.8 Å². The highest BCUT2D eigenvalue weighted by Crippen LogP contribution is 2.21. The van der Waals surface area contributed by atoms with Crippen molar-refractivity contribution < 1.29 is 14.3 Å².